The number of hydrogen-bond donors (Lipinski definition) is 0. The van der Waals surface area contributed by atoms with E-state index in [2.05, 4.69) is 4.98 Å². The lowest BCUT2D eigenvalue weighted by Crippen LogP contribution is -2.06. The SMILES string of the molecule is CCOC(=O)c1nc(-c2ccc(C(F)(F)F)cc2)oc1-c1ccc(OC)c(OC)c1. The van der Waals surface area contributed by atoms with Crippen LogP contribution in [0.15, 0.2) is 46.9 Å². The van der Waals surface area contributed by atoms with Crippen molar-refractivity contribution in [2.75, 3.05) is 20.8 Å². The Bertz CT molecular complexity index is 1040. The third-order valence-electron chi connectivity index (χ3n) is 4.20. The van der Waals surface area contributed by atoms with Crippen LogP contribution in [0.2, 0.25) is 0 Å². The number of halogens is 3. The fourth-order valence-electron chi connectivity index (χ4n) is 2.76. The quantitative estimate of drug-likeness (QED) is 0.508. The Morgan fingerprint density at radius 1 is 1.00 bits per heavy atom. The van der Waals surface area contributed by atoms with Gasteiger partial charge in [0.15, 0.2) is 23.0 Å². The van der Waals surface area contributed by atoms with Gasteiger partial charge in [-0.3, -0.25) is 0 Å². The van der Waals surface area contributed by atoms with Crippen LogP contribution in [0, 0.1) is 0 Å². The van der Waals surface area contributed by atoms with Gasteiger partial charge >= 0.3 is 12.1 Å². The predicted molar refractivity (Wildman–Crippen MR) is 101 cm³/mol. The zero-order chi connectivity index (χ0) is 21.9. The van der Waals surface area contributed by atoms with E-state index >= 15 is 0 Å². The van der Waals surface area contributed by atoms with E-state index in [0.29, 0.717) is 17.1 Å². The van der Waals surface area contributed by atoms with Crippen molar-refractivity contribution in [3.8, 4) is 34.3 Å². The number of esters is 1. The molecule has 0 saturated carbocycles. The molecule has 0 bridgehead atoms. The van der Waals surface area contributed by atoms with E-state index in [-0.39, 0.29) is 29.5 Å². The van der Waals surface area contributed by atoms with Crippen molar-refractivity contribution < 1.29 is 36.6 Å². The molecule has 1 aromatic heterocycles. The third-order valence-corrected chi connectivity index (χ3v) is 4.20. The van der Waals surface area contributed by atoms with Gasteiger partial charge in [0, 0.05) is 11.1 Å². The maximum Gasteiger partial charge on any atom is 0.416 e. The molecule has 0 fully saturated rings. The highest BCUT2D eigenvalue weighted by Gasteiger charge is 2.30. The molecule has 2 aromatic carbocycles. The van der Waals surface area contributed by atoms with Crippen molar-refractivity contribution in [2.45, 2.75) is 13.1 Å². The van der Waals surface area contributed by atoms with Gasteiger partial charge in [-0.1, -0.05) is 0 Å². The Morgan fingerprint density at radius 2 is 1.63 bits per heavy atom. The van der Waals surface area contributed by atoms with Gasteiger partial charge in [-0.2, -0.15) is 13.2 Å². The molecule has 6 nitrogen and oxygen atoms in total. The highest BCUT2D eigenvalue weighted by atomic mass is 19.4. The number of carbonyl (C=O) groups is 1. The molecule has 3 rings (SSSR count). The van der Waals surface area contributed by atoms with Gasteiger partial charge in [0.25, 0.3) is 0 Å². The second-order valence-electron chi connectivity index (χ2n) is 6.06. The minimum atomic E-state index is -4.46. The van der Waals surface area contributed by atoms with Gasteiger partial charge in [0.2, 0.25) is 5.89 Å². The summed E-state index contributed by atoms with van der Waals surface area (Å²) in [6, 6.07) is 9.15. The zero-order valence-electron chi connectivity index (χ0n) is 16.4. The van der Waals surface area contributed by atoms with E-state index < -0.39 is 17.7 Å². The summed E-state index contributed by atoms with van der Waals surface area (Å²) in [6.45, 7) is 1.76. The number of methoxy groups -OCH3 is 2. The summed E-state index contributed by atoms with van der Waals surface area (Å²) in [5.41, 5.74) is -0.163. The molecule has 1 heterocycles. The molecule has 0 unspecified atom stereocenters. The van der Waals surface area contributed by atoms with Crippen LogP contribution in [0.5, 0.6) is 11.5 Å². The summed E-state index contributed by atoms with van der Waals surface area (Å²) in [4.78, 5) is 16.6. The number of oxazole rings is 1. The Morgan fingerprint density at radius 3 is 2.20 bits per heavy atom. The maximum absolute atomic E-state index is 12.8. The lowest BCUT2D eigenvalue weighted by molar-refractivity contribution is -0.137. The Kier molecular flexibility index (Phi) is 6.00. The first-order valence-electron chi connectivity index (χ1n) is 8.86. The van der Waals surface area contributed by atoms with Crippen LogP contribution in [-0.4, -0.2) is 31.8 Å². The summed E-state index contributed by atoms with van der Waals surface area (Å²) < 4.78 is 59.7. The Labute approximate surface area is 170 Å². The lowest BCUT2D eigenvalue weighted by atomic mass is 10.1. The number of alkyl halides is 3. The average Bonchev–Trinajstić information content (AvgIpc) is 3.18. The minimum absolute atomic E-state index is 0.0171. The predicted octanol–water partition coefficient (Wildman–Crippen LogP) is 5.22. The molecule has 9 heteroatoms. The van der Waals surface area contributed by atoms with E-state index in [9.17, 15) is 18.0 Å². The van der Waals surface area contributed by atoms with E-state index in [0.717, 1.165) is 12.1 Å². The number of hydrogen-bond acceptors (Lipinski definition) is 6. The van der Waals surface area contributed by atoms with Crippen molar-refractivity contribution in [1.82, 2.24) is 4.98 Å². The zero-order valence-corrected chi connectivity index (χ0v) is 16.4. The first-order valence-corrected chi connectivity index (χ1v) is 8.86. The van der Waals surface area contributed by atoms with Crippen molar-refractivity contribution in [3.05, 3.63) is 53.7 Å². The molecule has 0 spiro atoms. The van der Waals surface area contributed by atoms with Gasteiger partial charge in [-0.15, -0.1) is 0 Å². The van der Waals surface area contributed by atoms with Crippen LogP contribution < -0.4 is 9.47 Å². The molecule has 0 aliphatic rings. The topological polar surface area (TPSA) is 70.8 Å². The second kappa shape index (κ2) is 8.48. The molecule has 30 heavy (non-hydrogen) atoms. The second-order valence-corrected chi connectivity index (χ2v) is 6.06. The van der Waals surface area contributed by atoms with Gasteiger partial charge in [0.05, 0.1) is 26.4 Å². The van der Waals surface area contributed by atoms with Crippen LogP contribution >= 0.6 is 0 Å². The molecular weight excluding hydrogens is 403 g/mol. The summed E-state index contributed by atoms with van der Waals surface area (Å²) in [5, 5.41) is 0. The maximum atomic E-state index is 12.8. The molecule has 3 aromatic rings. The molecular formula is C21H18F3NO5. The molecule has 0 aliphatic carbocycles. The molecule has 0 aliphatic heterocycles. The van der Waals surface area contributed by atoms with E-state index in [4.69, 9.17) is 18.6 Å². The van der Waals surface area contributed by atoms with Crippen LogP contribution in [0.4, 0.5) is 13.2 Å². The molecule has 0 amide bonds. The highest BCUT2D eigenvalue weighted by Crippen LogP contribution is 2.37. The van der Waals surface area contributed by atoms with E-state index in [1.165, 1.54) is 26.4 Å². The Balaban J connectivity index is 2.09. The van der Waals surface area contributed by atoms with Crippen LogP contribution in [-0.2, 0) is 10.9 Å². The standard InChI is InChI=1S/C21H18F3NO5/c1-4-29-20(26)17-18(13-7-10-15(27-2)16(11-13)28-3)30-19(25-17)12-5-8-14(9-6-12)21(22,23)24/h5-11H,4H2,1-3H3. The van der Waals surface area contributed by atoms with Gasteiger partial charge in [-0.25, -0.2) is 9.78 Å². The van der Waals surface area contributed by atoms with Gasteiger partial charge in [0.1, 0.15) is 0 Å². The number of rotatable bonds is 6. The normalized spacial score (nSPS) is 11.3. The molecule has 0 N–H and O–H groups in total. The lowest BCUT2D eigenvalue weighted by Gasteiger charge is -2.09. The van der Waals surface area contributed by atoms with Crippen molar-refractivity contribution in [1.29, 1.82) is 0 Å². The van der Waals surface area contributed by atoms with Crippen LogP contribution in [0.1, 0.15) is 23.0 Å². The largest absolute Gasteiger partial charge is 0.493 e. The molecule has 0 atom stereocenters. The number of ether oxygens (including phenoxy) is 3. The van der Waals surface area contributed by atoms with Crippen molar-refractivity contribution in [2.24, 2.45) is 0 Å². The van der Waals surface area contributed by atoms with E-state index in [1.54, 1.807) is 25.1 Å². The van der Waals surface area contributed by atoms with Crippen molar-refractivity contribution >= 4 is 5.97 Å². The van der Waals surface area contributed by atoms with Gasteiger partial charge in [-0.05, 0) is 49.4 Å². The number of benzene rings is 2. The first kappa shape index (κ1) is 21.2. The number of aromatic nitrogens is 1. The molecule has 0 saturated heterocycles. The Hall–Kier alpha value is -3.49. The smallest absolute Gasteiger partial charge is 0.416 e. The highest BCUT2D eigenvalue weighted by molar-refractivity contribution is 5.94. The first-order chi connectivity index (χ1) is 14.3. The monoisotopic (exact) mass is 421 g/mol. The summed E-state index contributed by atoms with van der Waals surface area (Å²) in [5.74, 6) is 0.240. The summed E-state index contributed by atoms with van der Waals surface area (Å²) in [6.07, 6.45) is -4.46. The summed E-state index contributed by atoms with van der Waals surface area (Å²) in [7, 11) is 2.95. The number of nitrogens with zero attached hydrogens (tertiary/aromatic N) is 1. The fraction of sp³-hybridized carbons (Fsp3) is 0.238. The van der Waals surface area contributed by atoms with Gasteiger partial charge < -0.3 is 18.6 Å². The fourth-order valence-corrected chi connectivity index (χ4v) is 2.76. The third kappa shape index (κ3) is 4.24. The summed E-state index contributed by atoms with van der Waals surface area (Å²) >= 11 is 0. The van der Waals surface area contributed by atoms with Crippen LogP contribution in [0.3, 0.4) is 0 Å². The van der Waals surface area contributed by atoms with Crippen LogP contribution in [0.25, 0.3) is 22.8 Å². The minimum Gasteiger partial charge on any atom is -0.493 e. The van der Waals surface area contributed by atoms with E-state index in [1.807, 2.05) is 0 Å². The molecule has 158 valence electrons. The molecule has 0 radical (unpaired) electrons. The number of carbonyl (C=O) groups excluding carboxylic acids is 1. The van der Waals surface area contributed by atoms with Crippen molar-refractivity contribution in [3.63, 3.8) is 0 Å². The average molecular weight is 421 g/mol.